The van der Waals surface area contributed by atoms with Gasteiger partial charge in [-0.15, -0.1) is 42.3 Å². The number of hydrogen-bond donors (Lipinski definition) is 2. The van der Waals surface area contributed by atoms with Crippen LogP contribution in [0.2, 0.25) is 0 Å². The number of fused-ring (bicyclic) bond motifs is 1. The fraction of sp³-hybridized carbons (Fsp3) is 0.120. The smallest absolute Gasteiger partial charge is 0.168 e. The van der Waals surface area contributed by atoms with Crippen molar-refractivity contribution in [1.82, 2.24) is 9.97 Å². The summed E-state index contributed by atoms with van der Waals surface area (Å²) in [6, 6.07) is 11.2. The molecule has 0 saturated heterocycles. The fourth-order valence-corrected chi connectivity index (χ4v) is 3.88. The second-order valence-electron chi connectivity index (χ2n) is 7.21. The van der Waals surface area contributed by atoms with Crippen molar-refractivity contribution < 1.29 is 13.5 Å². The Bertz CT molecular complexity index is 1310. The van der Waals surface area contributed by atoms with Crippen LogP contribution in [0.5, 0.6) is 11.5 Å². The maximum atomic E-state index is 15.1. The maximum Gasteiger partial charge on any atom is 0.168 e. The van der Waals surface area contributed by atoms with Gasteiger partial charge in [0.15, 0.2) is 11.6 Å². The average molecular weight is 577 g/mol. The van der Waals surface area contributed by atoms with Gasteiger partial charge in [0.25, 0.3) is 0 Å². The minimum atomic E-state index is -0.538. The van der Waals surface area contributed by atoms with Gasteiger partial charge < -0.3 is 9.72 Å². The Morgan fingerprint density at radius 3 is 2.70 bits per heavy atom. The van der Waals surface area contributed by atoms with E-state index >= 15 is 4.39 Å². The Morgan fingerprint density at radius 1 is 1.18 bits per heavy atom. The Hall–Kier alpha value is -2.72. The van der Waals surface area contributed by atoms with Crippen molar-refractivity contribution in [3.63, 3.8) is 0 Å². The van der Waals surface area contributed by atoms with Gasteiger partial charge in [0.2, 0.25) is 0 Å². The SMILES string of the molecule is C=CCc1ccc(Cc2c(Oc3ccc(F)c(C(=N)SC)c3)c(F)cc3[nH]ccc23)nc1.I. The van der Waals surface area contributed by atoms with Crippen LogP contribution < -0.4 is 4.74 Å². The summed E-state index contributed by atoms with van der Waals surface area (Å²) in [5, 5.41) is 8.82. The molecule has 170 valence electrons. The lowest BCUT2D eigenvalue weighted by molar-refractivity contribution is 0.437. The van der Waals surface area contributed by atoms with E-state index in [2.05, 4.69) is 16.5 Å². The Morgan fingerprint density at radius 2 is 2.00 bits per heavy atom. The van der Waals surface area contributed by atoms with Crippen molar-refractivity contribution in [3.05, 3.63) is 102 Å². The van der Waals surface area contributed by atoms with Gasteiger partial charge in [-0.1, -0.05) is 12.1 Å². The fourth-order valence-electron chi connectivity index (χ4n) is 3.51. The van der Waals surface area contributed by atoms with E-state index in [1.165, 1.54) is 24.3 Å². The second kappa shape index (κ2) is 10.9. The minimum absolute atomic E-state index is 0. The van der Waals surface area contributed by atoms with Gasteiger partial charge in [0, 0.05) is 52.6 Å². The Balaban J connectivity index is 0.00000306. The highest BCUT2D eigenvalue weighted by atomic mass is 127. The summed E-state index contributed by atoms with van der Waals surface area (Å²) in [6.07, 6.45) is 8.11. The largest absolute Gasteiger partial charge is 0.454 e. The Kier molecular flexibility index (Phi) is 8.25. The van der Waals surface area contributed by atoms with Crippen molar-refractivity contribution in [3.8, 4) is 11.5 Å². The highest BCUT2D eigenvalue weighted by Gasteiger charge is 2.19. The highest BCUT2D eigenvalue weighted by molar-refractivity contribution is 14.0. The van der Waals surface area contributed by atoms with Crippen molar-refractivity contribution in [2.75, 3.05) is 6.26 Å². The number of aromatic amines is 1. The number of halogens is 3. The van der Waals surface area contributed by atoms with Crippen LogP contribution in [0.25, 0.3) is 10.9 Å². The van der Waals surface area contributed by atoms with E-state index in [0.29, 0.717) is 17.5 Å². The lowest BCUT2D eigenvalue weighted by Crippen LogP contribution is -2.02. The first-order valence-corrected chi connectivity index (χ1v) is 11.2. The maximum absolute atomic E-state index is 15.1. The molecule has 0 amide bonds. The van der Waals surface area contributed by atoms with Crippen molar-refractivity contribution in [2.24, 2.45) is 0 Å². The molecule has 0 aliphatic rings. The molecule has 4 nitrogen and oxygen atoms in total. The zero-order chi connectivity index (χ0) is 22.7. The third-order valence-corrected chi connectivity index (χ3v) is 5.72. The van der Waals surface area contributed by atoms with E-state index in [-0.39, 0.29) is 46.1 Å². The van der Waals surface area contributed by atoms with E-state index in [1.54, 1.807) is 18.6 Å². The van der Waals surface area contributed by atoms with Crippen LogP contribution in [0.15, 0.2) is 67.5 Å². The van der Waals surface area contributed by atoms with Gasteiger partial charge in [-0.05, 0) is 48.6 Å². The summed E-state index contributed by atoms with van der Waals surface area (Å²) < 4.78 is 35.2. The molecule has 0 saturated carbocycles. The van der Waals surface area contributed by atoms with E-state index in [1.807, 2.05) is 24.3 Å². The standard InChI is InChI=1S/C25H21F2N3OS.HI/c1-3-4-15-5-6-16(30-14-15)11-19-18-9-10-29-23(18)13-22(27)24(19)31-17-7-8-21(26)20(12-17)25(28)32-2;/h3,5-10,12-14,28-29H,1,4,11H2,2H3;1H. The summed E-state index contributed by atoms with van der Waals surface area (Å²) >= 11 is 1.12. The van der Waals surface area contributed by atoms with Crippen molar-refractivity contribution in [2.45, 2.75) is 12.8 Å². The van der Waals surface area contributed by atoms with Crippen LogP contribution in [0, 0.1) is 17.0 Å². The molecule has 33 heavy (non-hydrogen) atoms. The number of nitrogens with one attached hydrogen (secondary N) is 2. The molecule has 0 unspecified atom stereocenters. The second-order valence-corrected chi connectivity index (χ2v) is 8.03. The van der Waals surface area contributed by atoms with Crippen LogP contribution in [-0.2, 0) is 12.8 Å². The number of pyridine rings is 1. The van der Waals surface area contributed by atoms with Gasteiger partial charge in [-0.3, -0.25) is 10.4 Å². The van der Waals surface area contributed by atoms with Gasteiger partial charge in [0.1, 0.15) is 11.6 Å². The summed E-state index contributed by atoms with van der Waals surface area (Å²) in [7, 11) is 0. The number of allylic oxidation sites excluding steroid dienone is 1. The predicted molar refractivity (Wildman–Crippen MR) is 141 cm³/mol. The number of ether oxygens (including phenoxy) is 1. The molecule has 0 atom stereocenters. The van der Waals surface area contributed by atoms with Gasteiger partial charge in [-0.2, -0.15) is 0 Å². The van der Waals surface area contributed by atoms with Crippen molar-refractivity contribution >= 4 is 51.7 Å². The van der Waals surface area contributed by atoms with Crippen LogP contribution in [0.3, 0.4) is 0 Å². The van der Waals surface area contributed by atoms with E-state index in [0.717, 1.165) is 34.8 Å². The molecule has 0 spiro atoms. The van der Waals surface area contributed by atoms with Gasteiger partial charge in [-0.25, -0.2) is 8.78 Å². The molecule has 2 aromatic carbocycles. The summed E-state index contributed by atoms with van der Waals surface area (Å²) in [4.78, 5) is 7.54. The Labute approximate surface area is 212 Å². The molecule has 4 aromatic rings. The molecule has 0 aliphatic heterocycles. The van der Waals surface area contributed by atoms with Crippen LogP contribution >= 0.6 is 35.7 Å². The molecular formula is C25H22F2IN3OS. The quantitative estimate of drug-likeness (QED) is 0.105. The summed E-state index contributed by atoms with van der Waals surface area (Å²) in [5.41, 5.74) is 3.20. The first-order valence-electron chi connectivity index (χ1n) is 9.93. The normalized spacial score (nSPS) is 10.6. The molecule has 0 bridgehead atoms. The number of aromatic nitrogens is 2. The number of nitrogens with zero attached hydrogens (tertiary/aromatic N) is 1. The lowest BCUT2D eigenvalue weighted by Gasteiger charge is -2.15. The highest BCUT2D eigenvalue weighted by Crippen LogP contribution is 2.36. The minimum Gasteiger partial charge on any atom is -0.454 e. The molecule has 2 heterocycles. The summed E-state index contributed by atoms with van der Waals surface area (Å²) in [5.74, 6) is -0.752. The zero-order valence-corrected chi connectivity index (χ0v) is 21.0. The lowest BCUT2D eigenvalue weighted by atomic mass is 10.0. The van der Waals surface area contributed by atoms with E-state index in [9.17, 15) is 4.39 Å². The average Bonchev–Trinajstić information content (AvgIpc) is 3.26. The number of hydrogen-bond acceptors (Lipinski definition) is 4. The van der Waals surface area contributed by atoms with E-state index < -0.39 is 11.6 Å². The predicted octanol–water partition coefficient (Wildman–Crippen LogP) is 7.26. The first-order chi connectivity index (χ1) is 15.5. The van der Waals surface area contributed by atoms with Gasteiger partial charge in [0.05, 0.1) is 5.04 Å². The molecule has 0 fully saturated rings. The monoisotopic (exact) mass is 577 g/mol. The number of benzene rings is 2. The third-order valence-electron chi connectivity index (χ3n) is 5.10. The first kappa shape index (κ1) is 24.9. The topological polar surface area (TPSA) is 61.8 Å². The van der Waals surface area contributed by atoms with Crippen molar-refractivity contribution in [1.29, 1.82) is 5.41 Å². The molecule has 2 aromatic heterocycles. The molecule has 0 radical (unpaired) electrons. The van der Waals surface area contributed by atoms with Crippen LogP contribution in [0.4, 0.5) is 8.78 Å². The number of H-pyrrole nitrogens is 1. The molecule has 0 aliphatic carbocycles. The molecule has 4 rings (SSSR count). The number of rotatable bonds is 7. The molecule has 8 heteroatoms. The van der Waals surface area contributed by atoms with E-state index in [4.69, 9.17) is 10.1 Å². The third kappa shape index (κ3) is 5.44. The summed E-state index contributed by atoms with van der Waals surface area (Å²) in [6.45, 7) is 3.74. The van der Waals surface area contributed by atoms with Crippen LogP contribution in [-0.4, -0.2) is 21.3 Å². The van der Waals surface area contributed by atoms with Gasteiger partial charge >= 0.3 is 0 Å². The van der Waals surface area contributed by atoms with Crippen LogP contribution in [0.1, 0.15) is 22.4 Å². The number of thioether (sulfide) groups is 1. The molecule has 2 N–H and O–H groups in total. The molecular weight excluding hydrogens is 555 g/mol. The zero-order valence-electron chi connectivity index (χ0n) is 17.8.